The molecule has 0 aliphatic rings. The van der Waals surface area contributed by atoms with Gasteiger partial charge in [0.1, 0.15) is 5.82 Å². The predicted octanol–water partition coefficient (Wildman–Crippen LogP) is 3.30. The Morgan fingerprint density at radius 3 is 2.50 bits per heavy atom. The van der Waals surface area contributed by atoms with E-state index >= 15 is 0 Å². The van der Waals surface area contributed by atoms with Crippen LogP contribution in [0.5, 0.6) is 0 Å². The van der Waals surface area contributed by atoms with Crippen LogP contribution < -0.4 is 10.6 Å². The van der Waals surface area contributed by atoms with Gasteiger partial charge in [-0.1, -0.05) is 37.7 Å². The standard InChI is InChI=1S/C23H32N6O3S2/c1-5-11-25-21-19-15-26-29(22(19)28-23(27-21)33-6-2)13-12-24-20(30)14-17-7-9-18(10-8-17)34(31,32)16(3)4/h7-10,15-16H,5-6,11-14H2,1-4H3,(H,24,30)(H,25,27,28). The number of carbonyl (C=O) groups is 1. The highest BCUT2D eigenvalue weighted by atomic mass is 32.2. The van der Waals surface area contributed by atoms with Crippen LogP contribution in [0.25, 0.3) is 11.0 Å². The number of anilines is 1. The minimum absolute atomic E-state index is 0.141. The number of hydrogen-bond acceptors (Lipinski definition) is 8. The van der Waals surface area contributed by atoms with Crippen LogP contribution in [0.15, 0.2) is 40.5 Å². The number of fused-ring (bicyclic) bond motifs is 1. The number of rotatable bonds is 12. The lowest BCUT2D eigenvalue weighted by Gasteiger charge is -2.10. The first kappa shape index (κ1) is 26.0. The molecular weight excluding hydrogens is 472 g/mol. The second kappa shape index (κ2) is 11.7. The smallest absolute Gasteiger partial charge is 0.224 e. The Labute approximate surface area is 205 Å². The molecule has 1 aromatic carbocycles. The molecule has 2 aromatic heterocycles. The van der Waals surface area contributed by atoms with Gasteiger partial charge in [0, 0.05) is 13.1 Å². The molecule has 9 nitrogen and oxygen atoms in total. The van der Waals surface area contributed by atoms with E-state index in [9.17, 15) is 13.2 Å². The highest BCUT2D eigenvalue weighted by Crippen LogP contribution is 2.24. The average Bonchev–Trinajstić information content (AvgIpc) is 3.21. The third-order valence-corrected chi connectivity index (χ3v) is 8.07. The largest absolute Gasteiger partial charge is 0.369 e. The number of hydrogen-bond donors (Lipinski definition) is 2. The van der Waals surface area contributed by atoms with Crippen LogP contribution in [0.4, 0.5) is 5.82 Å². The van der Waals surface area contributed by atoms with Crippen molar-refractivity contribution in [3.05, 3.63) is 36.0 Å². The zero-order valence-electron chi connectivity index (χ0n) is 20.0. The molecule has 0 aliphatic carbocycles. The fourth-order valence-corrected chi connectivity index (χ4v) is 4.91. The number of thioether (sulfide) groups is 1. The van der Waals surface area contributed by atoms with Gasteiger partial charge in [0.25, 0.3) is 0 Å². The van der Waals surface area contributed by atoms with Gasteiger partial charge >= 0.3 is 0 Å². The second-order valence-electron chi connectivity index (χ2n) is 8.08. The molecule has 11 heteroatoms. The van der Waals surface area contributed by atoms with Gasteiger partial charge in [-0.3, -0.25) is 4.79 Å². The Hall–Kier alpha value is -2.66. The summed E-state index contributed by atoms with van der Waals surface area (Å²) in [6.07, 6.45) is 2.91. The normalized spacial score (nSPS) is 11.8. The summed E-state index contributed by atoms with van der Waals surface area (Å²) in [5.74, 6) is 1.51. The molecular formula is C23H32N6O3S2. The zero-order chi connectivity index (χ0) is 24.7. The molecule has 0 aliphatic heterocycles. The van der Waals surface area contributed by atoms with Gasteiger partial charge in [-0.05, 0) is 43.7 Å². The van der Waals surface area contributed by atoms with E-state index in [0.717, 1.165) is 41.1 Å². The van der Waals surface area contributed by atoms with Gasteiger partial charge in [0.05, 0.1) is 34.7 Å². The number of benzene rings is 1. The fourth-order valence-electron chi connectivity index (χ4n) is 3.29. The maximum Gasteiger partial charge on any atom is 0.224 e. The Bertz CT molecular complexity index is 1220. The van der Waals surface area contributed by atoms with Crippen LogP contribution in [0.1, 0.15) is 39.7 Å². The molecule has 2 N–H and O–H groups in total. The maximum absolute atomic E-state index is 12.4. The molecule has 1 amide bonds. The molecule has 0 radical (unpaired) electrons. The highest BCUT2D eigenvalue weighted by molar-refractivity contribution is 7.99. The van der Waals surface area contributed by atoms with Gasteiger partial charge in [-0.15, -0.1) is 0 Å². The van der Waals surface area contributed by atoms with E-state index < -0.39 is 15.1 Å². The van der Waals surface area contributed by atoms with Crippen LogP contribution in [-0.4, -0.2) is 58.2 Å². The van der Waals surface area contributed by atoms with E-state index in [1.54, 1.807) is 60.8 Å². The predicted molar refractivity (Wildman–Crippen MR) is 136 cm³/mol. The third kappa shape index (κ3) is 6.26. The van der Waals surface area contributed by atoms with Crippen molar-refractivity contribution in [2.24, 2.45) is 0 Å². The molecule has 0 atom stereocenters. The summed E-state index contributed by atoms with van der Waals surface area (Å²) < 4.78 is 26.3. The lowest BCUT2D eigenvalue weighted by Crippen LogP contribution is -2.29. The first-order chi connectivity index (χ1) is 16.3. The number of aromatic nitrogens is 4. The first-order valence-electron chi connectivity index (χ1n) is 11.5. The maximum atomic E-state index is 12.4. The van der Waals surface area contributed by atoms with Crippen LogP contribution in [0, 0.1) is 0 Å². The molecule has 0 unspecified atom stereocenters. The van der Waals surface area contributed by atoms with Crippen molar-refractivity contribution >= 4 is 44.4 Å². The Kier molecular flexibility index (Phi) is 8.90. The second-order valence-corrected chi connectivity index (χ2v) is 11.8. The Morgan fingerprint density at radius 1 is 1.12 bits per heavy atom. The lowest BCUT2D eigenvalue weighted by atomic mass is 10.1. The third-order valence-electron chi connectivity index (χ3n) is 5.17. The quantitative estimate of drug-likeness (QED) is 0.285. The van der Waals surface area contributed by atoms with Gasteiger partial charge in [-0.2, -0.15) is 5.10 Å². The summed E-state index contributed by atoms with van der Waals surface area (Å²) in [6.45, 7) is 9.14. The summed E-state index contributed by atoms with van der Waals surface area (Å²) in [7, 11) is -3.32. The van der Waals surface area contributed by atoms with E-state index in [4.69, 9.17) is 0 Å². The summed E-state index contributed by atoms with van der Waals surface area (Å²) in [5, 5.41) is 11.8. The zero-order valence-corrected chi connectivity index (χ0v) is 21.7. The van der Waals surface area contributed by atoms with Crippen LogP contribution in [-0.2, 0) is 27.6 Å². The van der Waals surface area contributed by atoms with Crippen molar-refractivity contribution in [2.75, 3.05) is 24.2 Å². The van der Waals surface area contributed by atoms with E-state index in [1.165, 1.54) is 0 Å². The number of carbonyl (C=O) groups excluding carboxylic acids is 1. The minimum Gasteiger partial charge on any atom is -0.369 e. The molecule has 2 heterocycles. The summed E-state index contributed by atoms with van der Waals surface area (Å²) in [5.41, 5.74) is 1.49. The van der Waals surface area contributed by atoms with Crippen LogP contribution in [0.3, 0.4) is 0 Å². The van der Waals surface area contributed by atoms with Crippen LogP contribution in [0.2, 0.25) is 0 Å². The number of amides is 1. The minimum atomic E-state index is -3.32. The molecule has 34 heavy (non-hydrogen) atoms. The topological polar surface area (TPSA) is 119 Å². The van der Waals surface area contributed by atoms with Crippen molar-refractivity contribution in [1.82, 2.24) is 25.1 Å². The number of sulfone groups is 1. The molecule has 3 aromatic rings. The van der Waals surface area contributed by atoms with Crippen molar-refractivity contribution in [3.8, 4) is 0 Å². The molecule has 0 saturated carbocycles. The van der Waals surface area contributed by atoms with E-state index in [2.05, 4.69) is 39.5 Å². The van der Waals surface area contributed by atoms with Crippen molar-refractivity contribution in [2.45, 2.75) is 62.4 Å². The molecule has 0 bridgehead atoms. The first-order valence-corrected chi connectivity index (χ1v) is 14.0. The van der Waals surface area contributed by atoms with E-state index in [0.29, 0.717) is 18.2 Å². The van der Waals surface area contributed by atoms with Crippen molar-refractivity contribution in [3.63, 3.8) is 0 Å². The van der Waals surface area contributed by atoms with Gasteiger partial charge < -0.3 is 10.6 Å². The van der Waals surface area contributed by atoms with Gasteiger partial charge in [0.15, 0.2) is 20.6 Å². The van der Waals surface area contributed by atoms with E-state index in [-0.39, 0.29) is 17.2 Å². The Morgan fingerprint density at radius 2 is 1.85 bits per heavy atom. The van der Waals surface area contributed by atoms with E-state index in [1.807, 2.05) is 0 Å². The number of nitrogens with one attached hydrogen (secondary N) is 2. The van der Waals surface area contributed by atoms with Crippen molar-refractivity contribution < 1.29 is 13.2 Å². The highest BCUT2D eigenvalue weighted by Gasteiger charge is 2.19. The van der Waals surface area contributed by atoms with Gasteiger partial charge in [-0.25, -0.2) is 23.1 Å². The molecule has 0 fully saturated rings. The molecule has 3 rings (SSSR count). The average molecular weight is 505 g/mol. The summed E-state index contributed by atoms with van der Waals surface area (Å²) in [4.78, 5) is 21.9. The van der Waals surface area contributed by atoms with Crippen molar-refractivity contribution in [1.29, 1.82) is 0 Å². The lowest BCUT2D eigenvalue weighted by molar-refractivity contribution is -0.120. The SMILES string of the molecule is CCCNc1nc(SCC)nc2c1cnn2CCNC(=O)Cc1ccc(S(=O)(=O)C(C)C)cc1. The monoisotopic (exact) mass is 504 g/mol. The fraction of sp³-hybridized carbons (Fsp3) is 0.478. The molecule has 0 saturated heterocycles. The van der Waals surface area contributed by atoms with Crippen LogP contribution >= 0.6 is 11.8 Å². The number of nitrogens with zero attached hydrogens (tertiary/aromatic N) is 4. The molecule has 184 valence electrons. The summed E-state index contributed by atoms with van der Waals surface area (Å²) in [6, 6.07) is 6.49. The molecule has 0 spiro atoms. The summed E-state index contributed by atoms with van der Waals surface area (Å²) >= 11 is 1.57. The Balaban J connectivity index is 1.62. The van der Waals surface area contributed by atoms with Gasteiger partial charge in [0.2, 0.25) is 5.91 Å².